The number of aryl methyl sites for hydroxylation is 1. The molecule has 6 nitrogen and oxygen atoms in total. The maximum absolute atomic E-state index is 12.4. The largest absolute Gasteiger partial charge is 0.497 e. The van der Waals surface area contributed by atoms with Crippen molar-refractivity contribution < 1.29 is 14.3 Å². The molecule has 1 aliphatic rings. The summed E-state index contributed by atoms with van der Waals surface area (Å²) in [6.45, 7) is 6.97. The molecule has 28 heavy (non-hydrogen) atoms. The van der Waals surface area contributed by atoms with Crippen LogP contribution in [0.3, 0.4) is 0 Å². The Hall–Kier alpha value is -2.12. The lowest BCUT2D eigenvalue weighted by molar-refractivity contribution is -0.133. The van der Waals surface area contributed by atoms with E-state index in [1.807, 2.05) is 29.2 Å². The molecule has 0 N–H and O–H groups in total. The Morgan fingerprint density at radius 3 is 2.50 bits per heavy atom. The van der Waals surface area contributed by atoms with Crippen molar-refractivity contribution in [3.8, 4) is 11.5 Å². The molecule has 0 aliphatic carbocycles. The second-order valence-electron chi connectivity index (χ2n) is 6.87. The van der Waals surface area contributed by atoms with Gasteiger partial charge in [-0.05, 0) is 37.1 Å². The monoisotopic (exact) mass is 403 g/mol. The average molecular weight is 404 g/mol. The minimum atomic E-state index is 0.222. The molecule has 1 amide bonds. The number of nitrogens with zero attached hydrogens (tertiary/aromatic N) is 3. The van der Waals surface area contributed by atoms with Gasteiger partial charge in [0.05, 0.1) is 24.4 Å². The van der Waals surface area contributed by atoms with E-state index in [-0.39, 0.29) is 5.91 Å². The smallest absolute Gasteiger partial charge is 0.222 e. The quantitative estimate of drug-likeness (QED) is 0.602. The molecule has 0 bridgehead atoms. The van der Waals surface area contributed by atoms with Crippen LogP contribution in [0.25, 0.3) is 0 Å². The molecule has 1 aliphatic heterocycles. The Morgan fingerprint density at radius 1 is 1.14 bits per heavy atom. The van der Waals surface area contributed by atoms with Gasteiger partial charge in [-0.15, -0.1) is 11.3 Å². The lowest BCUT2D eigenvalue weighted by atomic mass is 10.2. The van der Waals surface area contributed by atoms with Gasteiger partial charge in [-0.2, -0.15) is 0 Å². The van der Waals surface area contributed by atoms with Gasteiger partial charge in [-0.25, -0.2) is 4.98 Å². The third-order valence-electron chi connectivity index (χ3n) is 4.88. The van der Waals surface area contributed by atoms with E-state index >= 15 is 0 Å². The Labute approximate surface area is 171 Å². The lowest BCUT2D eigenvalue weighted by Crippen LogP contribution is -2.48. The lowest BCUT2D eigenvalue weighted by Gasteiger charge is -2.34. The highest BCUT2D eigenvalue weighted by molar-refractivity contribution is 7.09. The Bertz CT molecular complexity index is 740. The van der Waals surface area contributed by atoms with E-state index in [0.29, 0.717) is 13.0 Å². The number of piperazine rings is 1. The molecule has 2 heterocycles. The maximum Gasteiger partial charge on any atom is 0.222 e. The van der Waals surface area contributed by atoms with Gasteiger partial charge >= 0.3 is 0 Å². The summed E-state index contributed by atoms with van der Waals surface area (Å²) in [6.07, 6.45) is 2.25. The van der Waals surface area contributed by atoms with Crippen molar-refractivity contribution in [3.05, 3.63) is 40.3 Å². The minimum Gasteiger partial charge on any atom is -0.497 e. The highest BCUT2D eigenvalue weighted by atomic mass is 32.1. The molecule has 1 aromatic heterocycles. The first-order valence-electron chi connectivity index (χ1n) is 9.88. The summed E-state index contributed by atoms with van der Waals surface area (Å²) >= 11 is 1.73. The molecule has 7 heteroatoms. The van der Waals surface area contributed by atoms with Gasteiger partial charge in [0, 0.05) is 44.5 Å². The first kappa shape index (κ1) is 20.6. The number of amides is 1. The fourth-order valence-corrected chi connectivity index (χ4v) is 3.95. The van der Waals surface area contributed by atoms with Crippen LogP contribution >= 0.6 is 11.3 Å². The number of hydrogen-bond acceptors (Lipinski definition) is 6. The normalized spacial score (nSPS) is 14.9. The van der Waals surface area contributed by atoms with Gasteiger partial charge in [0.1, 0.15) is 11.5 Å². The first-order valence-corrected chi connectivity index (χ1v) is 10.8. The standard InChI is InChI=1S/C21H29N3O3S/c1-3-20-22-17(16-28-20)15-23-10-12-24(13-11-23)21(25)5-4-14-27-19-8-6-18(26-2)7-9-19/h6-9,16H,3-5,10-15H2,1-2H3. The Morgan fingerprint density at radius 2 is 1.86 bits per heavy atom. The predicted molar refractivity (Wildman–Crippen MR) is 111 cm³/mol. The highest BCUT2D eigenvalue weighted by Crippen LogP contribution is 2.17. The van der Waals surface area contributed by atoms with Crippen LogP contribution in [0.2, 0.25) is 0 Å². The number of aromatic nitrogens is 1. The van der Waals surface area contributed by atoms with Crippen molar-refractivity contribution in [1.29, 1.82) is 0 Å². The molecule has 3 rings (SSSR count). The number of ether oxygens (including phenoxy) is 2. The fourth-order valence-electron chi connectivity index (χ4n) is 3.21. The SMILES string of the molecule is CCc1nc(CN2CCN(C(=O)CCCOc3ccc(OC)cc3)CC2)cs1. The zero-order valence-corrected chi connectivity index (χ0v) is 17.5. The molecule has 1 aromatic carbocycles. The molecule has 0 saturated carbocycles. The molecule has 0 atom stereocenters. The van der Waals surface area contributed by atoms with Crippen molar-refractivity contribution in [2.75, 3.05) is 39.9 Å². The predicted octanol–water partition coefficient (Wildman–Crippen LogP) is 3.22. The summed E-state index contributed by atoms with van der Waals surface area (Å²) in [7, 11) is 1.64. The molecule has 0 radical (unpaired) electrons. The number of thiazole rings is 1. The summed E-state index contributed by atoms with van der Waals surface area (Å²) in [4.78, 5) is 21.4. The van der Waals surface area contributed by atoms with Gasteiger partial charge in [-0.3, -0.25) is 9.69 Å². The molecular formula is C21H29N3O3S. The molecule has 0 spiro atoms. The second kappa shape index (κ2) is 10.4. The minimum absolute atomic E-state index is 0.222. The summed E-state index contributed by atoms with van der Waals surface area (Å²) < 4.78 is 10.8. The third kappa shape index (κ3) is 5.94. The maximum atomic E-state index is 12.4. The van der Waals surface area contributed by atoms with Crippen molar-refractivity contribution >= 4 is 17.2 Å². The van der Waals surface area contributed by atoms with Crippen LogP contribution in [0.1, 0.15) is 30.5 Å². The third-order valence-corrected chi connectivity index (χ3v) is 5.92. The van der Waals surface area contributed by atoms with Crippen LogP contribution in [0.15, 0.2) is 29.6 Å². The van der Waals surface area contributed by atoms with Crippen LogP contribution in [0, 0.1) is 0 Å². The first-order chi connectivity index (χ1) is 13.7. The van der Waals surface area contributed by atoms with Gasteiger partial charge < -0.3 is 14.4 Å². The summed E-state index contributed by atoms with van der Waals surface area (Å²) in [5.41, 5.74) is 1.15. The number of rotatable bonds is 9. The van der Waals surface area contributed by atoms with Crippen molar-refractivity contribution in [3.63, 3.8) is 0 Å². The number of carbonyl (C=O) groups is 1. The van der Waals surface area contributed by atoms with Crippen molar-refractivity contribution in [1.82, 2.24) is 14.8 Å². The van der Waals surface area contributed by atoms with Crippen LogP contribution < -0.4 is 9.47 Å². The van der Waals surface area contributed by atoms with Crippen molar-refractivity contribution in [2.45, 2.75) is 32.7 Å². The fraction of sp³-hybridized carbons (Fsp3) is 0.524. The van der Waals surface area contributed by atoms with E-state index < -0.39 is 0 Å². The van der Waals surface area contributed by atoms with Crippen molar-refractivity contribution in [2.24, 2.45) is 0 Å². The Balaban J connectivity index is 1.32. The molecule has 1 saturated heterocycles. The molecule has 1 fully saturated rings. The molecule has 0 unspecified atom stereocenters. The van der Waals surface area contributed by atoms with Crippen LogP contribution in [0.5, 0.6) is 11.5 Å². The summed E-state index contributed by atoms with van der Waals surface area (Å²) in [5.74, 6) is 1.83. The number of carbonyl (C=O) groups excluding carboxylic acids is 1. The van der Waals surface area contributed by atoms with E-state index in [9.17, 15) is 4.79 Å². The van der Waals surface area contributed by atoms with Gasteiger partial charge in [0.15, 0.2) is 0 Å². The van der Waals surface area contributed by atoms with Gasteiger partial charge in [0.2, 0.25) is 5.91 Å². The topological polar surface area (TPSA) is 54.9 Å². The van der Waals surface area contributed by atoms with E-state index in [4.69, 9.17) is 9.47 Å². The molecule has 152 valence electrons. The van der Waals surface area contributed by atoms with Gasteiger partial charge in [0.25, 0.3) is 0 Å². The Kier molecular flexibility index (Phi) is 7.68. The van der Waals surface area contributed by atoms with E-state index in [0.717, 1.165) is 62.8 Å². The van der Waals surface area contributed by atoms with Crippen LogP contribution in [-0.2, 0) is 17.8 Å². The highest BCUT2D eigenvalue weighted by Gasteiger charge is 2.21. The summed E-state index contributed by atoms with van der Waals surface area (Å²) in [5, 5.41) is 3.35. The number of hydrogen-bond donors (Lipinski definition) is 0. The van der Waals surface area contributed by atoms with Crippen LogP contribution in [0.4, 0.5) is 0 Å². The molecular weight excluding hydrogens is 374 g/mol. The second-order valence-corrected chi connectivity index (χ2v) is 7.81. The van der Waals surface area contributed by atoms with E-state index in [1.54, 1.807) is 18.4 Å². The average Bonchev–Trinajstić information content (AvgIpc) is 3.19. The number of benzene rings is 1. The van der Waals surface area contributed by atoms with Gasteiger partial charge in [-0.1, -0.05) is 6.92 Å². The van der Waals surface area contributed by atoms with Crippen LogP contribution in [-0.4, -0.2) is 60.6 Å². The number of methoxy groups -OCH3 is 1. The molecule has 2 aromatic rings. The summed E-state index contributed by atoms with van der Waals surface area (Å²) in [6, 6.07) is 7.50. The zero-order valence-electron chi connectivity index (χ0n) is 16.7. The zero-order chi connectivity index (χ0) is 19.8. The van der Waals surface area contributed by atoms with E-state index in [2.05, 4.69) is 22.2 Å². The van der Waals surface area contributed by atoms with E-state index in [1.165, 1.54) is 5.01 Å².